The molecule has 2 aromatic carbocycles. The predicted octanol–water partition coefficient (Wildman–Crippen LogP) is 2.75. The van der Waals surface area contributed by atoms with Gasteiger partial charge in [0.2, 0.25) is 5.91 Å². The maximum absolute atomic E-state index is 14.3. The number of hydrogen-bond acceptors (Lipinski definition) is 3. The van der Waals surface area contributed by atoms with Gasteiger partial charge >= 0.3 is 0 Å². The van der Waals surface area contributed by atoms with Crippen LogP contribution in [0.15, 0.2) is 60.8 Å². The van der Waals surface area contributed by atoms with E-state index in [2.05, 4.69) is 5.32 Å². The number of aryl methyl sites for hydroxylation is 1. The molecule has 1 atom stereocenters. The van der Waals surface area contributed by atoms with Gasteiger partial charge in [0.25, 0.3) is 11.8 Å². The quantitative estimate of drug-likeness (QED) is 0.677. The number of carbonyl (C=O) groups is 3. The summed E-state index contributed by atoms with van der Waals surface area (Å²) < 4.78 is 16.0. The summed E-state index contributed by atoms with van der Waals surface area (Å²) in [7, 11) is 1.79. The van der Waals surface area contributed by atoms with E-state index >= 15 is 0 Å². The zero-order valence-electron chi connectivity index (χ0n) is 17.4. The van der Waals surface area contributed by atoms with Crippen molar-refractivity contribution in [1.82, 2.24) is 14.4 Å². The fourth-order valence-corrected chi connectivity index (χ4v) is 4.34. The van der Waals surface area contributed by atoms with Gasteiger partial charge in [0.15, 0.2) is 0 Å². The molecule has 1 N–H and O–H groups in total. The number of nitrogens with zero attached hydrogens (tertiary/aromatic N) is 3. The number of piperazine rings is 1. The van der Waals surface area contributed by atoms with Crippen molar-refractivity contribution < 1.29 is 18.8 Å². The fourth-order valence-electron chi connectivity index (χ4n) is 4.34. The molecule has 3 amide bonds. The zero-order valence-corrected chi connectivity index (χ0v) is 17.4. The van der Waals surface area contributed by atoms with Crippen molar-refractivity contribution in [1.29, 1.82) is 0 Å². The Kier molecular flexibility index (Phi) is 4.77. The standard InChI is InChI=1S/C24H21FN4O3/c1-27-10-4-7-20(27)24(32)28-11-12-29-21(14-28)22(30)26-19-9-8-15(13-17(19)23(29)31)16-5-2-3-6-18(16)25/h2-10,13,21H,11-12,14H2,1H3,(H,26,30). The smallest absolute Gasteiger partial charge is 0.270 e. The molecule has 162 valence electrons. The van der Waals surface area contributed by atoms with Gasteiger partial charge in [0, 0.05) is 31.9 Å². The van der Waals surface area contributed by atoms with Crippen molar-refractivity contribution in [3.63, 3.8) is 0 Å². The highest BCUT2D eigenvalue weighted by molar-refractivity contribution is 6.11. The number of halogens is 1. The van der Waals surface area contributed by atoms with E-state index in [1.165, 1.54) is 11.0 Å². The number of carbonyl (C=O) groups excluding carboxylic acids is 3. The molecular formula is C24H21FN4O3. The van der Waals surface area contributed by atoms with Gasteiger partial charge in [-0.1, -0.05) is 24.3 Å². The SMILES string of the molecule is Cn1cccc1C(=O)N1CCN2C(=O)c3cc(-c4ccccc4F)ccc3NC(=O)C2C1. The summed E-state index contributed by atoms with van der Waals surface area (Å²) in [5, 5.41) is 2.81. The largest absolute Gasteiger partial charge is 0.347 e. The molecule has 7 nitrogen and oxygen atoms in total. The molecule has 5 rings (SSSR count). The topological polar surface area (TPSA) is 74.7 Å². The van der Waals surface area contributed by atoms with E-state index in [1.54, 1.807) is 71.2 Å². The highest BCUT2D eigenvalue weighted by atomic mass is 19.1. The lowest BCUT2D eigenvalue weighted by molar-refractivity contribution is -0.121. The summed E-state index contributed by atoms with van der Waals surface area (Å²) in [5.41, 5.74) is 2.16. The Labute approximate surface area is 184 Å². The summed E-state index contributed by atoms with van der Waals surface area (Å²) in [5.74, 6) is -1.23. The Morgan fingerprint density at radius 2 is 1.84 bits per heavy atom. The molecule has 0 saturated carbocycles. The van der Waals surface area contributed by atoms with E-state index in [4.69, 9.17) is 0 Å². The van der Waals surface area contributed by atoms with Crippen molar-refractivity contribution in [3.05, 3.63) is 77.9 Å². The molecule has 0 aliphatic carbocycles. The molecule has 1 fully saturated rings. The molecule has 3 heterocycles. The molecule has 3 aromatic rings. The lowest BCUT2D eigenvalue weighted by Crippen LogP contribution is -2.59. The van der Waals surface area contributed by atoms with Gasteiger partial charge in [-0.3, -0.25) is 14.4 Å². The second-order valence-corrected chi connectivity index (χ2v) is 8.00. The summed E-state index contributed by atoms with van der Waals surface area (Å²) in [4.78, 5) is 42.4. The van der Waals surface area contributed by atoms with E-state index in [0.717, 1.165) is 0 Å². The minimum atomic E-state index is -0.801. The molecule has 8 heteroatoms. The summed E-state index contributed by atoms with van der Waals surface area (Å²) in [6.45, 7) is 0.661. The molecule has 32 heavy (non-hydrogen) atoms. The summed E-state index contributed by atoms with van der Waals surface area (Å²) in [6, 6.07) is 14.0. The van der Waals surface area contributed by atoms with E-state index in [1.807, 2.05) is 0 Å². The number of anilines is 1. The second kappa shape index (κ2) is 7.64. The number of fused-ring (bicyclic) bond motifs is 2. The third-order valence-electron chi connectivity index (χ3n) is 6.09. The van der Waals surface area contributed by atoms with Crippen LogP contribution in [0.5, 0.6) is 0 Å². The van der Waals surface area contributed by atoms with Crippen molar-refractivity contribution in [2.75, 3.05) is 25.0 Å². The lowest BCUT2D eigenvalue weighted by Gasteiger charge is -2.39. The number of nitrogens with one attached hydrogen (secondary N) is 1. The molecular weight excluding hydrogens is 411 g/mol. The van der Waals surface area contributed by atoms with Crippen LogP contribution >= 0.6 is 0 Å². The highest BCUT2D eigenvalue weighted by Crippen LogP contribution is 2.31. The molecule has 0 radical (unpaired) electrons. The van der Waals surface area contributed by atoms with Gasteiger partial charge in [0.05, 0.1) is 17.8 Å². The monoisotopic (exact) mass is 432 g/mol. The van der Waals surface area contributed by atoms with Crippen LogP contribution in [-0.4, -0.2) is 57.8 Å². The third-order valence-corrected chi connectivity index (χ3v) is 6.09. The average molecular weight is 432 g/mol. The van der Waals surface area contributed by atoms with Crippen LogP contribution in [0, 0.1) is 5.82 Å². The van der Waals surface area contributed by atoms with Crippen molar-refractivity contribution in [2.45, 2.75) is 6.04 Å². The average Bonchev–Trinajstić information content (AvgIpc) is 3.20. The summed E-state index contributed by atoms with van der Waals surface area (Å²) in [6.07, 6.45) is 1.79. The Hall–Kier alpha value is -3.94. The Morgan fingerprint density at radius 1 is 1.03 bits per heavy atom. The first-order valence-electron chi connectivity index (χ1n) is 10.4. The molecule has 1 unspecified atom stereocenters. The highest BCUT2D eigenvalue weighted by Gasteiger charge is 2.40. The second-order valence-electron chi connectivity index (χ2n) is 8.00. The molecule has 0 spiro atoms. The van der Waals surface area contributed by atoms with Crippen LogP contribution in [0.2, 0.25) is 0 Å². The number of amides is 3. The fraction of sp³-hybridized carbons (Fsp3) is 0.208. The van der Waals surface area contributed by atoms with Crippen molar-refractivity contribution in [2.24, 2.45) is 7.05 Å². The number of rotatable bonds is 2. The summed E-state index contributed by atoms with van der Waals surface area (Å²) >= 11 is 0. The Morgan fingerprint density at radius 3 is 2.59 bits per heavy atom. The first-order valence-corrected chi connectivity index (χ1v) is 10.4. The van der Waals surface area contributed by atoms with Gasteiger partial charge in [-0.05, 0) is 35.9 Å². The molecule has 1 aromatic heterocycles. The predicted molar refractivity (Wildman–Crippen MR) is 117 cm³/mol. The van der Waals surface area contributed by atoms with E-state index in [-0.39, 0.29) is 36.6 Å². The molecule has 2 aliphatic heterocycles. The van der Waals surface area contributed by atoms with Crippen LogP contribution in [-0.2, 0) is 11.8 Å². The first-order chi connectivity index (χ1) is 15.4. The Balaban J connectivity index is 1.45. The van der Waals surface area contributed by atoms with Gasteiger partial charge < -0.3 is 19.7 Å². The van der Waals surface area contributed by atoms with Crippen molar-refractivity contribution >= 4 is 23.4 Å². The Bertz CT molecular complexity index is 1250. The molecule has 1 saturated heterocycles. The van der Waals surface area contributed by atoms with Gasteiger partial charge in [-0.2, -0.15) is 0 Å². The number of benzene rings is 2. The lowest BCUT2D eigenvalue weighted by atomic mass is 10.0. The van der Waals surface area contributed by atoms with Crippen LogP contribution in [0.1, 0.15) is 20.8 Å². The molecule has 0 bridgehead atoms. The zero-order chi connectivity index (χ0) is 22.4. The van der Waals surface area contributed by atoms with Crippen LogP contribution in [0.4, 0.5) is 10.1 Å². The number of aromatic nitrogens is 1. The van der Waals surface area contributed by atoms with Gasteiger partial charge in [-0.15, -0.1) is 0 Å². The normalized spacial score (nSPS) is 18.0. The van der Waals surface area contributed by atoms with Gasteiger partial charge in [-0.25, -0.2) is 4.39 Å². The van der Waals surface area contributed by atoms with E-state index in [0.29, 0.717) is 34.6 Å². The van der Waals surface area contributed by atoms with E-state index in [9.17, 15) is 18.8 Å². The van der Waals surface area contributed by atoms with Crippen LogP contribution in [0.25, 0.3) is 11.1 Å². The maximum atomic E-state index is 14.3. The van der Waals surface area contributed by atoms with E-state index < -0.39 is 6.04 Å². The van der Waals surface area contributed by atoms with Crippen molar-refractivity contribution in [3.8, 4) is 11.1 Å². The first kappa shape index (κ1) is 20.0. The van der Waals surface area contributed by atoms with Gasteiger partial charge in [0.1, 0.15) is 17.6 Å². The maximum Gasteiger partial charge on any atom is 0.270 e. The van der Waals surface area contributed by atoms with Crippen LogP contribution in [0.3, 0.4) is 0 Å². The minimum absolute atomic E-state index is 0.107. The minimum Gasteiger partial charge on any atom is -0.347 e. The van der Waals surface area contributed by atoms with Crippen LogP contribution < -0.4 is 5.32 Å². The molecule has 2 aliphatic rings. The number of hydrogen-bond donors (Lipinski definition) is 1. The third kappa shape index (κ3) is 3.24.